The molecule has 0 atom stereocenters. The smallest absolute Gasteiger partial charge is 0.238 e. The number of anilines is 1. The molecule has 0 radical (unpaired) electrons. The highest BCUT2D eigenvalue weighted by Gasteiger charge is 2.12. The molecule has 122 valence electrons. The summed E-state index contributed by atoms with van der Waals surface area (Å²) in [6.45, 7) is 1.77. The third-order valence-electron chi connectivity index (χ3n) is 3.34. The van der Waals surface area contributed by atoms with E-state index in [1.165, 1.54) is 12.1 Å². The molecule has 0 bridgehead atoms. The van der Waals surface area contributed by atoms with E-state index in [1.54, 1.807) is 44.4 Å². The van der Waals surface area contributed by atoms with Crippen molar-refractivity contribution in [3.63, 3.8) is 0 Å². The first-order valence-corrected chi connectivity index (χ1v) is 8.40. The SMILES string of the molecule is COc1ccc(CC(=O)Nc2cc(S(N)(=O)=O)ccc2C)cc1. The highest BCUT2D eigenvalue weighted by molar-refractivity contribution is 7.89. The van der Waals surface area contributed by atoms with Crippen molar-refractivity contribution in [1.82, 2.24) is 0 Å². The van der Waals surface area contributed by atoms with Gasteiger partial charge < -0.3 is 10.1 Å². The number of carbonyl (C=O) groups excluding carboxylic acids is 1. The normalized spacial score (nSPS) is 11.1. The Bertz CT molecular complexity index is 814. The predicted octanol–water partition coefficient (Wildman–Crippen LogP) is 1.83. The Balaban J connectivity index is 2.13. The molecule has 0 fully saturated rings. The van der Waals surface area contributed by atoms with Crippen LogP contribution in [0.4, 0.5) is 5.69 Å². The summed E-state index contributed by atoms with van der Waals surface area (Å²) in [6.07, 6.45) is 0.170. The van der Waals surface area contributed by atoms with Crippen LogP contribution in [0.1, 0.15) is 11.1 Å². The van der Waals surface area contributed by atoms with Crippen molar-refractivity contribution in [2.45, 2.75) is 18.2 Å². The zero-order valence-electron chi connectivity index (χ0n) is 12.9. The molecule has 3 N–H and O–H groups in total. The van der Waals surface area contributed by atoms with Crippen molar-refractivity contribution < 1.29 is 17.9 Å². The van der Waals surface area contributed by atoms with E-state index in [0.29, 0.717) is 11.4 Å². The molecule has 2 rings (SSSR count). The first kappa shape index (κ1) is 17.0. The summed E-state index contributed by atoms with van der Waals surface area (Å²) in [5, 5.41) is 7.81. The first-order chi connectivity index (χ1) is 10.8. The quantitative estimate of drug-likeness (QED) is 0.871. The predicted molar refractivity (Wildman–Crippen MR) is 87.9 cm³/mol. The summed E-state index contributed by atoms with van der Waals surface area (Å²) in [5.74, 6) is 0.468. The number of amides is 1. The van der Waals surface area contributed by atoms with Gasteiger partial charge in [-0.05, 0) is 42.3 Å². The van der Waals surface area contributed by atoms with Gasteiger partial charge in [0.05, 0.1) is 18.4 Å². The number of sulfonamides is 1. The maximum Gasteiger partial charge on any atom is 0.238 e. The van der Waals surface area contributed by atoms with E-state index in [0.717, 1.165) is 11.1 Å². The van der Waals surface area contributed by atoms with E-state index < -0.39 is 10.0 Å². The molecule has 0 spiro atoms. The lowest BCUT2D eigenvalue weighted by atomic mass is 10.1. The largest absolute Gasteiger partial charge is 0.497 e. The van der Waals surface area contributed by atoms with Crippen molar-refractivity contribution in [3.05, 3.63) is 53.6 Å². The highest BCUT2D eigenvalue weighted by Crippen LogP contribution is 2.20. The van der Waals surface area contributed by atoms with Crippen LogP contribution in [0.15, 0.2) is 47.4 Å². The number of hydrogen-bond donors (Lipinski definition) is 2. The number of carbonyl (C=O) groups is 1. The molecule has 0 aliphatic heterocycles. The maximum absolute atomic E-state index is 12.1. The van der Waals surface area contributed by atoms with Crippen molar-refractivity contribution in [1.29, 1.82) is 0 Å². The summed E-state index contributed by atoms with van der Waals surface area (Å²) >= 11 is 0. The molecule has 0 saturated heterocycles. The number of rotatable bonds is 5. The average molecular weight is 334 g/mol. The Kier molecular flexibility index (Phi) is 5.02. The number of primary sulfonamides is 1. The topological polar surface area (TPSA) is 98.5 Å². The van der Waals surface area contributed by atoms with Crippen LogP contribution in [0.5, 0.6) is 5.75 Å². The molecule has 0 aliphatic rings. The number of methoxy groups -OCH3 is 1. The second-order valence-electron chi connectivity index (χ2n) is 5.09. The molecule has 0 aromatic heterocycles. The summed E-state index contributed by atoms with van der Waals surface area (Å²) in [4.78, 5) is 12.1. The van der Waals surface area contributed by atoms with Gasteiger partial charge in [-0.3, -0.25) is 4.79 Å². The lowest BCUT2D eigenvalue weighted by Crippen LogP contribution is -2.17. The zero-order valence-corrected chi connectivity index (χ0v) is 13.7. The second-order valence-corrected chi connectivity index (χ2v) is 6.66. The van der Waals surface area contributed by atoms with Gasteiger partial charge in [0.2, 0.25) is 15.9 Å². The minimum atomic E-state index is -3.81. The third kappa shape index (κ3) is 4.54. The van der Waals surface area contributed by atoms with E-state index in [4.69, 9.17) is 9.88 Å². The molecule has 7 heteroatoms. The Labute approximate surface area is 135 Å². The van der Waals surface area contributed by atoms with E-state index in [-0.39, 0.29) is 17.2 Å². The fourth-order valence-electron chi connectivity index (χ4n) is 2.04. The van der Waals surface area contributed by atoms with Crippen LogP contribution in [0.2, 0.25) is 0 Å². The molecule has 1 amide bonds. The summed E-state index contributed by atoms with van der Waals surface area (Å²) in [6, 6.07) is 11.5. The lowest BCUT2D eigenvalue weighted by Gasteiger charge is -2.10. The van der Waals surface area contributed by atoms with Crippen molar-refractivity contribution in [2.75, 3.05) is 12.4 Å². The van der Waals surface area contributed by atoms with Crippen LogP contribution in [-0.2, 0) is 21.2 Å². The summed E-state index contributed by atoms with van der Waals surface area (Å²) in [7, 11) is -2.24. The van der Waals surface area contributed by atoms with Gasteiger partial charge in [-0.25, -0.2) is 13.6 Å². The van der Waals surface area contributed by atoms with E-state index in [2.05, 4.69) is 5.32 Å². The first-order valence-electron chi connectivity index (χ1n) is 6.86. The fraction of sp³-hybridized carbons (Fsp3) is 0.188. The Morgan fingerprint density at radius 2 is 1.83 bits per heavy atom. The number of ether oxygens (including phenoxy) is 1. The Morgan fingerprint density at radius 3 is 2.39 bits per heavy atom. The van der Waals surface area contributed by atoms with Crippen LogP contribution in [0.3, 0.4) is 0 Å². The van der Waals surface area contributed by atoms with Gasteiger partial charge in [0.25, 0.3) is 0 Å². The maximum atomic E-state index is 12.1. The van der Waals surface area contributed by atoms with E-state index >= 15 is 0 Å². The van der Waals surface area contributed by atoms with Gasteiger partial charge in [0, 0.05) is 5.69 Å². The third-order valence-corrected chi connectivity index (χ3v) is 4.25. The summed E-state index contributed by atoms with van der Waals surface area (Å²) < 4.78 is 27.8. The molecule has 0 saturated carbocycles. The van der Waals surface area contributed by atoms with Gasteiger partial charge >= 0.3 is 0 Å². The van der Waals surface area contributed by atoms with Gasteiger partial charge in [-0.2, -0.15) is 0 Å². The average Bonchev–Trinajstić information content (AvgIpc) is 2.49. The Hall–Kier alpha value is -2.38. The monoisotopic (exact) mass is 334 g/mol. The Morgan fingerprint density at radius 1 is 1.17 bits per heavy atom. The van der Waals surface area contributed by atoms with Crippen molar-refractivity contribution in [3.8, 4) is 5.75 Å². The molecule has 2 aromatic carbocycles. The number of benzene rings is 2. The van der Waals surface area contributed by atoms with Crippen LogP contribution < -0.4 is 15.2 Å². The standard InChI is InChI=1S/C16H18N2O4S/c1-11-3-8-14(23(17,20)21)10-15(11)18-16(19)9-12-4-6-13(22-2)7-5-12/h3-8,10H,9H2,1-2H3,(H,18,19)(H2,17,20,21). The number of aryl methyl sites for hydroxylation is 1. The molecule has 23 heavy (non-hydrogen) atoms. The lowest BCUT2D eigenvalue weighted by molar-refractivity contribution is -0.115. The summed E-state index contributed by atoms with van der Waals surface area (Å²) in [5.41, 5.74) is 2.00. The number of nitrogens with two attached hydrogens (primary N) is 1. The fourth-order valence-corrected chi connectivity index (χ4v) is 2.58. The van der Waals surface area contributed by atoms with Crippen LogP contribution in [-0.4, -0.2) is 21.4 Å². The van der Waals surface area contributed by atoms with Gasteiger partial charge in [0.15, 0.2) is 0 Å². The van der Waals surface area contributed by atoms with Crippen LogP contribution in [0, 0.1) is 6.92 Å². The van der Waals surface area contributed by atoms with E-state index in [9.17, 15) is 13.2 Å². The molecule has 0 aliphatic carbocycles. The highest BCUT2D eigenvalue weighted by atomic mass is 32.2. The molecular formula is C16H18N2O4S. The molecule has 0 heterocycles. The van der Waals surface area contributed by atoms with Crippen LogP contribution in [0.25, 0.3) is 0 Å². The minimum absolute atomic E-state index is 0.0390. The minimum Gasteiger partial charge on any atom is -0.497 e. The van der Waals surface area contributed by atoms with Gasteiger partial charge in [0.1, 0.15) is 5.75 Å². The van der Waals surface area contributed by atoms with E-state index in [1.807, 2.05) is 0 Å². The van der Waals surface area contributed by atoms with Gasteiger partial charge in [-0.15, -0.1) is 0 Å². The zero-order chi connectivity index (χ0) is 17.0. The molecule has 0 unspecified atom stereocenters. The molecular weight excluding hydrogens is 316 g/mol. The number of hydrogen-bond acceptors (Lipinski definition) is 4. The number of nitrogens with one attached hydrogen (secondary N) is 1. The molecule has 6 nitrogen and oxygen atoms in total. The molecule has 2 aromatic rings. The second kappa shape index (κ2) is 6.80. The van der Waals surface area contributed by atoms with Crippen molar-refractivity contribution in [2.24, 2.45) is 5.14 Å². The van der Waals surface area contributed by atoms with Gasteiger partial charge in [-0.1, -0.05) is 18.2 Å². The van der Waals surface area contributed by atoms with Crippen molar-refractivity contribution >= 4 is 21.6 Å². The van der Waals surface area contributed by atoms with Crippen LogP contribution >= 0.6 is 0 Å².